The van der Waals surface area contributed by atoms with E-state index in [0.717, 1.165) is 18.5 Å². The summed E-state index contributed by atoms with van der Waals surface area (Å²) < 4.78 is 0. The molecular formula is C14H20N4O2S. The Bertz CT molecular complexity index is 510. The zero-order chi connectivity index (χ0) is 15.4. The molecule has 1 aromatic carbocycles. The maximum Gasteiger partial charge on any atom is 0.269 e. The van der Waals surface area contributed by atoms with Gasteiger partial charge in [0.25, 0.3) is 5.69 Å². The molecular weight excluding hydrogens is 288 g/mol. The number of piperidine rings is 1. The van der Waals surface area contributed by atoms with E-state index in [0.29, 0.717) is 17.2 Å². The van der Waals surface area contributed by atoms with E-state index < -0.39 is 4.92 Å². The molecule has 0 aliphatic carbocycles. The predicted molar refractivity (Wildman–Crippen MR) is 87.1 cm³/mol. The monoisotopic (exact) mass is 308 g/mol. The highest BCUT2D eigenvalue weighted by Gasteiger charge is 2.25. The van der Waals surface area contributed by atoms with Gasteiger partial charge in [0.05, 0.1) is 4.92 Å². The lowest BCUT2D eigenvalue weighted by molar-refractivity contribution is -0.384. The average Bonchev–Trinajstić information content (AvgIpc) is 2.43. The van der Waals surface area contributed by atoms with Crippen molar-refractivity contribution in [3.05, 3.63) is 34.4 Å². The summed E-state index contributed by atoms with van der Waals surface area (Å²) in [4.78, 5) is 10.2. The third kappa shape index (κ3) is 4.12. The van der Waals surface area contributed by atoms with Crippen molar-refractivity contribution in [2.45, 2.75) is 45.2 Å². The average molecular weight is 308 g/mol. The third-order valence-corrected chi connectivity index (χ3v) is 3.95. The highest BCUT2D eigenvalue weighted by molar-refractivity contribution is 7.80. The Morgan fingerprint density at radius 3 is 2.38 bits per heavy atom. The van der Waals surface area contributed by atoms with Crippen LogP contribution in [0.2, 0.25) is 0 Å². The summed E-state index contributed by atoms with van der Waals surface area (Å²) in [7, 11) is 0. The molecule has 0 aromatic heterocycles. The second kappa shape index (κ2) is 6.82. The van der Waals surface area contributed by atoms with Gasteiger partial charge in [-0.05, 0) is 51.0 Å². The number of hydrogen-bond acceptors (Lipinski definition) is 4. The van der Waals surface area contributed by atoms with Crippen LogP contribution >= 0.6 is 12.2 Å². The Kier molecular flexibility index (Phi) is 5.08. The number of anilines is 1. The summed E-state index contributed by atoms with van der Waals surface area (Å²) in [6, 6.07) is 7.08. The van der Waals surface area contributed by atoms with Crippen LogP contribution in [0, 0.1) is 10.1 Å². The number of thiocarbonyl (C=S) groups is 1. The molecule has 0 saturated carbocycles. The minimum absolute atomic E-state index is 0.0673. The van der Waals surface area contributed by atoms with Crippen molar-refractivity contribution < 1.29 is 4.92 Å². The van der Waals surface area contributed by atoms with Gasteiger partial charge in [-0.3, -0.25) is 15.5 Å². The first-order valence-electron chi connectivity index (χ1n) is 7.08. The molecule has 1 saturated heterocycles. The lowest BCUT2D eigenvalue weighted by atomic mass is 10.00. The van der Waals surface area contributed by atoms with Crippen LogP contribution in [0.5, 0.6) is 0 Å². The Morgan fingerprint density at radius 2 is 1.86 bits per heavy atom. The van der Waals surface area contributed by atoms with Crippen LogP contribution in [-0.4, -0.2) is 27.1 Å². The van der Waals surface area contributed by atoms with Crippen LogP contribution in [0.4, 0.5) is 11.4 Å². The third-order valence-electron chi connectivity index (χ3n) is 3.76. The summed E-state index contributed by atoms with van der Waals surface area (Å²) >= 11 is 5.31. The van der Waals surface area contributed by atoms with Crippen molar-refractivity contribution in [1.82, 2.24) is 10.4 Å². The predicted octanol–water partition coefficient (Wildman–Crippen LogP) is 3.06. The summed E-state index contributed by atoms with van der Waals surface area (Å²) in [5.74, 6) is 0. The number of rotatable bonds is 3. The van der Waals surface area contributed by atoms with Gasteiger partial charge in [-0.1, -0.05) is 6.42 Å². The molecule has 0 bridgehead atoms. The van der Waals surface area contributed by atoms with Crippen molar-refractivity contribution in [2.75, 3.05) is 5.32 Å². The molecule has 0 amide bonds. The van der Waals surface area contributed by atoms with Gasteiger partial charge < -0.3 is 5.32 Å². The molecule has 114 valence electrons. The van der Waals surface area contributed by atoms with Crippen LogP contribution < -0.4 is 10.7 Å². The van der Waals surface area contributed by atoms with E-state index in [1.165, 1.54) is 18.6 Å². The molecule has 2 N–H and O–H groups in total. The normalized spacial score (nSPS) is 22.6. The molecule has 1 aliphatic heterocycles. The number of benzene rings is 1. The number of nitrogens with zero attached hydrogens (tertiary/aromatic N) is 2. The first-order chi connectivity index (χ1) is 9.97. The van der Waals surface area contributed by atoms with Crippen molar-refractivity contribution >= 4 is 28.7 Å². The Morgan fingerprint density at radius 1 is 1.29 bits per heavy atom. The highest BCUT2D eigenvalue weighted by atomic mass is 32.1. The molecule has 2 atom stereocenters. The van der Waals surface area contributed by atoms with Gasteiger partial charge in [0, 0.05) is 29.9 Å². The molecule has 1 heterocycles. The second-order valence-corrected chi connectivity index (χ2v) is 5.81. The molecule has 2 rings (SSSR count). The SMILES string of the molecule is C[C@@H]1CCC[C@H](C)N1NC(=S)Nc1ccc([N+](=O)[O-])cc1. The Labute approximate surface area is 129 Å². The lowest BCUT2D eigenvalue weighted by Gasteiger charge is -2.39. The highest BCUT2D eigenvalue weighted by Crippen LogP contribution is 2.20. The fourth-order valence-electron chi connectivity index (χ4n) is 2.58. The van der Waals surface area contributed by atoms with E-state index in [-0.39, 0.29) is 5.69 Å². The topological polar surface area (TPSA) is 70.4 Å². The summed E-state index contributed by atoms with van der Waals surface area (Å²) in [6.07, 6.45) is 3.54. The van der Waals surface area contributed by atoms with Crippen molar-refractivity contribution in [3.63, 3.8) is 0 Å². The summed E-state index contributed by atoms with van der Waals surface area (Å²) in [5, 5.41) is 16.3. The van der Waals surface area contributed by atoms with E-state index in [4.69, 9.17) is 12.2 Å². The maximum atomic E-state index is 10.6. The maximum absolute atomic E-state index is 10.6. The minimum atomic E-state index is -0.419. The van der Waals surface area contributed by atoms with Crippen LogP contribution in [0.15, 0.2) is 24.3 Å². The number of nitro groups is 1. The number of nitro benzene ring substituents is 1. The van der Waals surface area contributed by atoms with E-state index in [2.05, 4.69) is 29.6 Å². The molecule has 1 fully saturated rings. The zero-order valence-corrected chi connectivity index (χ0v) is 13.0. The van der Waals surface area contributed by atoms with Gasteiger partial charge >= 0.3 is 0 Å². The quantitative estimate of drug-likeness (QED) is 0.508. The second-order valence-electron chi connectivity index (χ2n) is 5.41. The lowest BCUT2D eigenvalue weighted by Crippen LogP contribution is -2.55. The van der Waals surface area contributed by atoms with Crippen LogP contribution in [0.25, 0.3) is 0 Å². The summed E-state index contributed by atoms with van der Waals surface area (Å²) in [6.45, 7) is 4.36. The van der Waals surface area contributed by atoms with Crippen molar-refractivity contribution in [1.29, 1.82) is 0 Å². The van der Waals surface area contributed by atoms with E-state index >= 15 is 0 Å². The molecule has 6 nitrogen and oxygen atoms in total. The van der Waals surface area contributed by atoms with Gasteiger partial charge in [-0.15, -0.1) is 0 Å². The smallest absolute Gasteiger partial charge is 0.269 e. The molecule has 0 radical (unpaired) electrons. The van der Waals surface area contributed by atoms with Gasteiger partial charge in [0.1, 0.15) is 0 Å². The minimum Gasteiger partial charge on any atom is -0.332 e. The fraction of sp³-hybridized carbons (Fsp3) is 0.500. The number of hydrogen-bond donors (Lipinski definition) is 2. The first-order valence-corrected chi connectivity index (χ1v) is 7.48. The molecule has 0 unspecified atom stereocenters. The molecule has 1 aromatic rings. The van der Waals surface area contributed by atoms with E-state index in [1.54, 1.807) is 12.1 Å². The van der Waals surface area contributed by atoms with E-state index in [9.17, 15) is 10.1 Å². The van der Waals surface area contributed by atoms with Crippen LogP contribution in [0.3, 0.4) is 0 Å². The number of non-ortho nitro benzene ring substituents is 1. The largest absolute Gasteiger partial charge is 0.332 e. The fourth-order valence-corrected chi connectivity index (χ4v) is 2.81. The number of hydrazine groups is 1. The van der Waals surface area contributed by atoms with Gasteiger partial charge in [-0.25, -0.2) is 5.01 Å². The molecule has 21 heavy (non-hydrogen) atoms. The van der Waals surface area contributed by atoms with Crippen LogP contribution in [0.1, 0.15) is 33.1 Å². The Balaban J connectivity index is 1.93. The van der Waals surface area contributed by atoms with Crippen LogP contribution in [-0.2, 0) is 0 Å². The number of nitrogens with one attached hydrogen (secondary N) is 2. The first kappa shape index (κ1) is 15.7. The zero-order valence-electron chi connectivity index (χ0n) is 12.2. The van der Waals surface area contributed by atoms with Crippen molar-refractivity contribution in [2.24, 2.45) is 0 Å². The molecule has 7 heteroatoms. The Hall–Kier alpha value is -1.73. The van der Waals surface area contributed by atoms with Gasteiger partial charge in [-0.2, -0.15) is 0 Å². The van der Waals surface area contributed by atoms with Crippen molar-refractivity contribution in [3.8, 4) is 0 Å². The van der Waals surface area contributed by atoms with Gasteiger partial charge in [0.15, 0.2) is 5.11 Å². The molecule has 1 aliphatic rings. The van der Waals surface area contributed by atoms with Gasteiger partial charge in [0.2, 0.25) is 0 Å². The van der Waals surface area contributed by atoms with E-state index in [1.807, 2.05) is 0 Å². The summed E-state index contributed by atoms with van der Waals surface area (Å²) in [5.41, 5.74) is 4.02. The standard InChI is InChI=1S/C14H20N4O2S/c1-10-4-3-5-11(2)17(10)16-14(21)15-12-6-8-13(9-7-12)18(19)20/h6-11H,3-5H2,1-2H3,(H2,15,16,21)/t10-,11+. The molecule has 0 spiro atoms.